The van der Waals surface area contributed by atoms with E-state index in [1.54, 1.807) is 0 Å². The zero-order valence-electron chi connectivity index (χ0n) is 10.9. The van der Waals surface area contributed by atoms with Crippen molar-refractivity contribution in [3.8, 4) is 0 Å². The topological polar surface area (TPSA) is 29.9 Å². The smallest absolute Gasteiger partial charge is 0.0756 e. The predicted octanol–water partition coefficient (Wildman–Crippen LogP) is 3.28. The molecule has 1 aromatic heterocycles. The molecule has 1 unspecified atom stereocenters. The number of hydrogen-bond donors (Lipinski definition) is 1. The van der Waals surface area contributed by atoms with Crippen LogP contribution in [-0.2, 0) is 6.54 Å². The quantitative estimate of drug-likeness (QED) is 0.939. The van der Waals surface area contributed by atoms with Gasteiger partial charge in [0.05, 0.1) is 11.7 Å². The highest BCUT2D eigenvalue weighted by molar-refractivity contribution is 9.10. The van der Waals surface area contributed by atoms with E-state index in [9.17, 15) is 0 Å². The summed E-state index contributed by atoms with van der Waals surface area (Å²) in [6, 6.07) is 8.64. The van der Waals surface area contributed by atoms with Crippen LogP contribution < -0.4 is 5.32 Å². The van der Waals surface area contributed by atoms with Crippen molar-refractivity contribution in [1.29, 1.82) is 0 Å². The van der Waals surface area contributed by atoms with Crippen LogP contribution in [0, 0.1) is 6.92 Å². The van der Waals surface area contributed by atoms with Gasteiger partial charge in [0.1, 0.15) is 0 Å². The van der Waals surface area contributed by atoms with Gasteiger partial charge in [0, 0.05) is 17.2 Å². The van der Waals surface area contributed by atoms with Crippen molar-refractivity contribution < 1.29 is 0 Å². The van der Waals surface area contributed by atoms with Crippen LogP contribution in [0.25, 0.3) is 0 Å². The minimum atomic E-state index is 0.154. The summed E-state index contributed by atoms with van der Waals surface area (Å²) in [5, 5.41) is 7.72. The summed E-state index contributed by atoms with van der Waals surface area (Å²) in [5.41, 5.74) is 3.69. The molecule has 1 N–H and O–H groups in total. The Morgan fingerprint density at radius 1 is 1.39 bits per heavy atom. The van der Waals surface area contributed by atoms with Gasteiger partial charge in [0.15, 0.2) is 0 Å². The second kappa shape index (κ2) is 5.67. The van der Waals surface area contributed by atoms with E-state index in [1.807, 2.05) is 17.9 Å². The van der Waals surface area contributed by atoms with E-state index in [-0.39, 0.29) is 6.04 Å². The standard InChI is InChI=1S/C14H18BrN3/c1-4-18-13(7-8-17-18)14(16-3)11-9-10(2)5-6-12(11)15/h5-9,14,16H,4H2,1-3H3. The molecule has 2 aromatic rings. The van der Waals surface area contributed by atoms with Crippen LogP contribution in [0.4, 0.5) is 0 Å². The van der Waals surface area contributed by atoms with Crippen LogP contribution in [0.1, 0.15) is 29.8 Å². The summed E-state index contributed by atoms with van der Waals surface area (Å²) >= 11 is 3.63. The summed E-state index contributed by atoms with van der Waals surface area (Å²) in [7, 11) is 1.98. The Bertz CT molecular complexity index is 534. The number of hydrogen-bond acceptors (Lipinski definition) is 2. The van der Waals surface area contributed by atoms with Gasteiger partial charge in [0.2, 0.25) is 0 Å². The van der Waals surface area contributed by atoms with Gasteiger partial charge in [-0.1, -0.05) is 33.6 Å². The van der Waals surface area contributed by atoms with Gasteiger partial charge in [-0.3, -0.25) is 4.68 Å². The Labute approximate surface area is 116 Å². The first-order valence-corrected chi connectivity index (χ1v) is 6.91. The molecule has 0 saturated carbocycles. The molecule has 96 valence electrons. The van der Waals surface area contributed by atoms with Crippen molar-refractivity contribution >= 4 is 15.9 Å². The maximum atomic E-state index is 4.34. The Balaban J connectivity index is 2.48. The third-order valence-electron chi connectivity index (χ3n) is 3.10. The number of aromatic nitrogens is 2. The van der Waals surface area contributed by atoms with E-state index in [1.165, 1.54) is 16.8 Å². The average Bonchev–Trinajstić information content (AvgIpc) is 2.83. The fourth-order valence-corrected chi connectivity index (χ4v) is 2.67. The zero-order valence-corrected chi connectivity index (χ0v) is 12.5. The number of nitrogens with one attached hydrogen (secondary N) is 1. The number of halogens is 1. The van der Waals surface area contributed by atoms with Gasteiger partial charge in [-0.15, -0.1) is 0 Å². The molecule has 0 aliphatic carbocycles. The van der Waals surface area contributed by atoms with Gasteiger partial charge in [-0.25, -0.2) is 0 Å². The second-order valence-corrected chi connectivity index (χ2v) is 5.17. The monoisotopic (exact) mass is 307 g/mol. The van der Waals surface area contributed by atoms with Crippen LogP contribution in [0.2, 0.25) is 0 Å². The summed E-state index contributed by atoms with van der Waals surface area (Å²) in [5.74, 6) is 0. The zero-order chi connectivity index (χ0) is 13.1. The molecule has 0 aliphatic heterocycles. The summed E-state index contributed by atoms with van der Waals surface area (Å²) in [4.78, 5) is 0. The van der Waals surface area contributed by atoms with Crippen LogP contribution in [0.5, 0.6) is 0 Å². The molecule has 0 fully saturated rings. The fourth-order valence-electron chi connectivity index (χ4n) is 2.20. The molecular weight excluding hydrogens is 290 g/mol. The molecule has 18 heavy (non-hydrogen) atoms. The van der Waals surface area contributed by atoms with Gasteiger partial charge >= 0.3 is 0 Å². The Hall–Kier alpha value is -1.13. The predicted molar refractivity (Wildman–Crippen MR) is 77.7 cm³/mol. The van der Waals surface area contributed by atoms with E-state index < -0.39 is 0 Å². The van der Waals surface area contributed by atoms with Gasteiger partial charge < -0.3 is 5.32 Å². The van der Waals surface area contributed by atoms with Crippen molar-refractivity contribution in [2.45, 2.75) is 26.4 Å². The van der Waals surface area contributed by atoms with Gasteiger partial charge in [-0.2, -0.15) is 5.10 Å². The Morgan fingerprint density at radius 2 is 2.17 bits per heavy atom. The molecule has 4 heteroatoms. The van der Waals surface area contributed by atoms with Crippen molar-refractivity contribution in [2.75, 3.05) is 7.05 Å². The molecule has 0 bridgehead atoms. The van der Waals surface area contributed by atoms with Crippen LogP contribution >= 0.6 is 15.9 Å². The number of nitrogens with zero attached hydrogens (tertiary/aromatic N) is 2. The maximum Gasteiger partial charge on any atom is 0.0756 e. The Morgan fingerprint density at radius 3 is 2.83 bits per heavy atom. The lowest BCUT2D eigenvalue weighted by Crippen LogP contribution is -2.21. The van der Waals surface area contributed by atoms with E-state index in [0.29, 0.717) is 0 Å². The van der Waals surface area contributed by atoms with Crippen LogP contribution in [0.15, 0.2) is 34.9 Å². The highest BCUT2D eigenvalue weighted by atomic mass is 79.9. The van der Waals surface area contributed by atoms with E-state index in [4.69, 9.17) is 0 Å². The minimum Gasteiger partial charge on any atom is -0.308 e. The largest absolute Gasteiger partial charge is 0.308 e. The highest BCUT2D eigenvalue weighted by Gasteiger charge is 2.18. The third kappa shape index (κ3) is 2.49. The molecule has 1 heterocycles. The average molecular weight is 308 g/mol. The van der Waals surface area contributed by atoms with Crippen molar-refractivity contribution in [2.24, 2.45) is 0 Å². The van der Waals surface area contributed by atoms with Crippen LogP contribution in [-0.4, -0.2) is 16.8 Å². The Kier molecular flexibility index (Phi) is 4.19. The number of aryl methyl sites for hydroxylation is 2. The summed E-state index contributed by atoms with van der Waals surface area (Å²) in [6.07, 6.45) is 1.85. The maximum absolute atomic E-state index is 4.34. The second-order valence-electron chi connectivity index (χ2n) is 4.32. The SMILES string of the molecule is CCn1nccc1C(NC)c1cc(C)ccc1Br. The normalized spacial score (nSPS) is 12.7. The van der Waals surface area contributed by atoms with E-state index >= 15 is 0 Å². The molecule has 1 aromatic carbocycles. The molecule has 0 radical (unpaired) electrons. The summed E-state index contributed by atoms with van der Waals surface area (Å²) in [6.45, 7) is 5.10. The van der Waals surface area contributed by atoms with Gasteiger partial charge in [0.25, 0.3) is 0 Å². The van der Waals surface area contributed by atoms with Crippen molar-refractivity contribution in [3.05, 3.63) is 51.8 Å². The molecule has 3 nitrogen and oxygen atoms in total. The molecule has 0 saturated heterocycles. The summed E-state index contributed by atoms with van der Waals surface area (Å²) < 4.78 is 3.15. The first-order valence-electron chi connectivity index (χ1n) is 6.12. The molecule has 2 rings (SSSR count). The van der Waals surface area contributed by atoms with Crippen molar-refractivity contribution in [3.63, 3.8) is 0 Å². The number of benzene rings is 1. The number of rotatable bonds is 4. The van der Waals surface area contributed by atoms with Gasteiger partial charge in [-0.05, 0) is 38.6 Å². The molecule has 0 spiro atoms. The lowest BCUT2D eigenvalue weighted by Gasteiger charge is -2.20. The fraction of sp³-hybridized carbons (Fsp3) is 0.357. The van der Waals surface area contributed by atoms with E-state index in [2.05, 4.69) is 64.5 Å². The highest BCUT2D eigenvalue weighted by Crippen LogP contribution is 2.29. The molecule has 0 aliphatic rings. The first-order chi connectivity index (χ1) is 8.67. The minimum absolute atomic E-state index is 0.154. The molecular formula is C14H18BrN3. The van der Waals surface area contributed by atoms with Crippen LogP contribution in [0.3, 0.4) is 0 Å². The molecule has 1 atom stereocenters. The lowest BCUT2D eigenvalue weighted by atomic mass is 10.0. The van der Waals surface area contributed by atoms with E-state index in [0.717, 1.165) is 11.0 Å². The molecule has 0 amide bonds. The van der Waals surface area contributed by atoms with Crippen molar-refractivity contribution in [1.82, 2.24) is 15.1 Å². The lowest BCUT2D eigenvalue weighted by molar-refractivity contribution is 0.562. The first kappa shape index (κ1) is 13.3. The third-order valence-corrected chi connectivity index (χ3v) is 3.82.